The Morgan fingerprint density at radius 3 is 2.83 bits per heavy atom. The van der Waals surface area contributed by atoms with Crippen LogP contribution in [0.3, 0.4) is 0 Å². The average Bonchev–Trinajstić information content (AvgIpc) is 2.34. The van der Waals surface area contributed by atoms with Crippen molar-refractivity contribution >= 4 is 28.9 Å². The van der Waals surface area contributed by atoms with Gasteiger partial charge in [0, 0.05) is 12.4 Å². The van der Waals surface area contributed by atoms with E-state index in [0.29, 0.717) is 22.0 Å². The summed E-state index contributed by atoms with van der Waals surface area (Å²) in [5, 5.41) is 3.09. The van der Waals surface area contributed by atoms with Gasteiger partial charge in [0.05, 0.1) is 22.0 Å². The summed E-state index contributed by atoms with van der Waals surface area (Å²) in [6.45, 7) is 1.87. The van der Waals surface area contributed by atoms with Crippen LogP contribution >= 0.6 is 11.6 Å². The van der Waals surface area contributed by atoms with Crippen LogP contribution in [0.1, 0.15) is 15.9 Å². The van der Waals surface area contributed by atoms with E-state index < -0.39 is 0 Å². The van der Waals surface area contributed by atoms with E-state index in [1.54, 1.807) is 30.5 Å². The maximum absolute atomic E-state index is 12.0. The zero-order valence-electron chi connectivity index (χ0n) is 9.77. The zero-order valence-corrected chi connectivity index (χ0v) is 10.5. The Labute approximate surface area is 110 Å². The maximum Gasteiger partial charge on any atom is 0.257 e. The molecule has 0 unspecified atom stereocenters. The lowest BCUT2D eigenvalue weighted by molar-refractivity contribution is 0.102. The second-order valence-electron chi connectivity index (χ2n) is 3.91. The fraction of sp³-hybridized carbons (Fsp3) is 0.0769. The van der Waals surface area contributed by atoms with E-state index in [9.17, 15) is 4.79 Å². The number of amides is 1. The Morgan fingerprint density at radius 1 is 1.39 bits per heavy atom. The van der Waals surface area contributed by atoms with E-state index in [-0.39, 0.29) is 5.91 Å². The third kappa shape index (κ3) is 2.60. The lowest BCUT2D eigenvalue weighted by atomic mass is 10.2. The highest BCUT2D eigenvalue weighted by Crippen LogP contribution is 2.28. The monoisotopic (exact) mass is 261 g/mol. The summed E-state index contributed by atoms with van der Waals surface area (Å²) in [6, 6.07) is 6.81. The van der Waals surface area contributed by atoms with E-state index in [1.807, 2.05) is 6.92 Å². The number of hydrogen-bond acceptors (Lipinski definition) is 3. The Balaban J connectivity index is 2.27. The molecule has 0 radical (unpaired) electrons. The van der Waals surface area contributed by atoms with E-state index in [0.717, 1.165) is 5.56 Å². The van der Waals surface area contributed by atoms with Crippen LogP contribution in [0.15, 0.2) is 36.7 Å². The smallest absolute Gasteiger partial charge is 0.257 e. The van der Waals surface area contributed by atoms with Crippen LogP contribution in [-0.2, 0) is 0 Å². The van der Waals surface area contributed by atoms with Crippen molar-refractivity contribution in [2.24, 2.45) is 0 Å². The third-order valence-electron chi connectivity index (χ3n) is 2.42. The first-order valence-electron chi connectivity index (χ1n) is 5.35. The molecule has 2 aromatic rings. The minimum absolute atomic E-state index is 0.286. The lowest BCUT2D eigenvalue weighted by Crippen LogP contribution is -2.14. The third-order valence-corrected chi connectivity index (χ3v) is 2.74. The summed E-state index contributed by atoms with van der Waals surface area (Å²) in [5.41, 5.74) is 7.99. The molecule has 1 amide bonds. The number of nitrogens with one attached hydrogen (secondary N) is 1. The predicted molar refractivity (Wildman–Crippen MR) is 72.8 cm³/mol. The van der Waals surface area contributed by atoms with Crippen molar-refractivity contribution in [3.8, 4) is 0 Å². The Bertz CT molecular complexity index is 578. The topological polar surface area (TPSA) is 68.0 Å². The number of aryl methyl sites for hydroxylation is 1. The van der Waals surface area contributed by atoms with Crippen LogP contribution < -0.4 is 11.1 Å². The van der Waals surface area contributed by atoms with Gasteiger partial charge >= 0.3 is 0 Å². The SMILES string of the molecule is Cc1cncc(C(=O)Nc2c(N)cccc2Cl)c1. The highest BCUT2D eigenvalue weighted by molar-refractivity contribution is 6.34. The largest absolute Gasteiger partial charge is 0.397 e. The minimum atomic E-state index is -0.286. The molecule has 5 heteroatoms. The lowest BCUT2D eigenvalue weighted by Gasteiger charge is -2.09. The van der Waals surface area contributed by atoms with Gasteiger partial charge < -0.3 is 11.1 Å². The zero-order chi connectivity index (χ0) is 13.1. The number of hydrogen-bond donors (Lipinski definition) is 2. The van der Waals surface area contributed by atoms with Gasteiger partial charge in [-0.1, -0.05) is 17.7 Å². The number of aromatic nitrogens is 1. The molecule has 0 saturated heterocycles. The first kappa shape index (κ1) is 12.4. The second kappa shape index (κ2) is 5.06. The van der Waals surface area contributed by atoms with Crippen LogP contribution in [-0.4, -0.2) is 10.9 Å². The van der Waals surface area contributed by atoms with Crippen molar-refractivity contribution < 1.29 is 4.79 Å². The van der Waals surface area contributed by atoms with Gasteiger partial charge in [-0.2, -0.15) is 0 Å². The van der Waals surface area contributed by atoms with Crippen LogP contribution in [0.4, 0.5) is 11.4 Å². The quantitative estimate of drug-likeness (QED) is 0.817. The average molecular weight is 262 g/mol. The highest BCUT2D eigenvalue weighted by atomic mass is 35.5. The summed E-state index contributed by atoms with van der Waals surface area (Å²) >= 11 is 5.98. The number of rotatable bonds is 2. The number of para-hydroxylation sites is 1. The van der Waals surface area contributed by atoms with Crippen LogP contribution in [0, 0.1) is 6.92 Å². The van der Waals surface area contributed by atoms with Crippen molar-refractivity contribution in [2.45, 2.75) is 6.92 Å². The number of nitrogens with two attached hydrogens (primary N) is 1. The van der Waals surface area contributed by atoms with Gasteiger partial charge in [0.15, 0.2) is 0 Å². The van der Waals surface area contributed by atoms with Gasteiger partial charge in [-0.25, -0.2) is 0 Å². The van der Waals surface area contributed by atoms with Crippen LogP contribution in [0.25, 0.3) is 0 Å². The van der Waals surface area contributed by atoms with Crippen LogP contribution in [0.5, 0.6) is 0 Å². The van der Waals surface area contributed by atoms with Crippen molar-refractivity contribution in [1.82, 2.24) is 4.98 Å². The van der Waals surface area contributed by atoms with E-state index in [1.165, 1.54) is 6.20 Å². The standard InChI is InChI=1S/C13H12ClN3O/c1-8-5-9(7-16-6-8)13(18)17-12-10(14)3-2-4-11(12)15/h2-7H,15H2,1H3,(H,17,18). The number of carbonyl (C=O) groups excluding carboxylic acids is 1. The molecule has 0 atom stereocenters. The van der Waals surface area contributed by atoms with Gasteiger partial charge in [-0.15, -0.1) is 0 Å². The van der Waals surface area contributed by atoms with Gasteiger partial charge in [0.1, 0.15) is 0 Å². The van der Waals surface area contributed by atoms with Crippen molar-refractivity contribution in [1.29, 1.82) is 0 Å². The van der Waals surface area contributed by atoms with Crippen LogP contribution in [0.2, 0.25) is 5.02 Å². The molecular weight excluding hydrogens is 250 g/mol. The molecule has 0 aliphatic rings. The number of anilines is 2. The van der Waals surface area contributed by atoms with Crippen molar-refractivity contribution in [3.63, 3.8) is 0 Å². The normalized spacial score (nSPS) is 10.1. The summed E-state index contributed by atoms with van der Waals surface area (Å²) < 4.78 is 0. The molecular formula is C13H12ClN3O. The van der Waals surface area contributed by atoms with Crippen molar-refractivity contribution in [3.05, 3.63) is 52.8 Å². The fourth-order valence-corrected chi connectivity index (χ4v) is 1.77. The van der Waals surface area contributed by atoms with Gasteiger partial charge in [-0.05, 0) is 30.7 Å². The summed E-state index contributed by atoms with van der Waals surface area (Å²) in [7, 11) is 0. The number of pyridine rings is 1. The molecule has 1 aromatic heterocycles. The number of halogens is 1. The number of benzene rings is 1. The van der Waals surface area contributed by atoms with Gasteiger partial charge in [-0.3, -0.25) is 9.78 Å². The first-order valence-corrected chi connectivity index (χ1v) is 5.72. The maximum atomic E-state index is 12.0. The molecule has 18 heavy (non-hydrogen) atoms. The number of carbonyl (C=O) groups is 1. The molecule has 1 heterocycles. The van der Waals surface area contributed by atoms with Crippen molar-refractivity contribution in [2.75, 3.05) is 11.1 Å². The fourth-order valence-electron chi connectivity index (χ4n) is 1.54. The summed E-state index contributed by atoms with van der Waals surface area (Å²) in [4.78, 5) is 16.0. The number of nitrogens with zero attached hydrogens (tertiary/aromatic N) is 1. The van der Waals surface area contributed by atoms with E-state index in [2.05, 4.69) is 10.3 Å². The molecule has 0 spiro atoms. The molecule has 3 N–H and O–H groups in total. The Morgan fingerprint density at radius 2 is 2.17 bits per heavy atom. The Kier molecular flexibility index (Phi) is 3.48. The molecule has 0 aliphatic heterocycles. The molecule has 0 aliphatic carbocycles. The van der Waals surface area contributed by atoms with E-state index in [4.69, 9.17) is 17.3 Å². The van der Waals surface area contributed by atoms with Gasteiger partial charge in [0.2, 0.25) is 0 Å². The minimum Gasteiger partial charge on any atom is -0.397 e. The van der Waals surface area contributed by atoms with E-state index >= 15 is 0 Å². The highest BCUT2D eigenvalue weighted by Gasteiger charge is 2.11. The summed E-state index contributed by atoms with van der Waals surface area (Å²) in [6.07, 6.45) is 3.18. The van der Waals surface area contributed by atoms with Gasteiger partial charge in [0.25, 0.3) is 5.91 Å². The molecule has 0 fully saturated rings. The number of nitrogen functional groups attached to an aromatic ring is 1. The molecule has 0 bridgehead atoms. The molecule has 0 saturated carbocycles. The molecule has 4 nitrogen and oxygen atoms in total. The summed E-state index contributed by atoms with van der Waals surface area (Å²) in [5.74, 6) is -0.286. The molecule has 1 aromatic carbocycles. The Hall–Kier alpha value is -2.07. The second-order valence-corrected chi connectivity index (χ2v) is 4.32. The predicted octanol–water partition coefficient (Wildman–Crippen LogP) is 2.88. The first-order chi connectivity index (χ1) is 8.58. The molecule has 92 valence electrons. The molecule has 2 rings (SSSR count).